The number of anilines is 1. The first kappa shape index (κ1) is 21.9. The van der Waals surface area contributed by atoms with Gasteiger partial charge in [-0.3, -0.25) is 10.1 Å². The Labute approximate surface area is 162 Å². The quantitative estimate of drug-likeness (QED) is 0.363. The number of non-ortho nitro benzene ring substituents is 1. The first-order valence-corrected chi connectivity index (χ1v) is 8.09. The average Bonchev–Trinajstić information content (AvgIpc) is 2.66. The molecule has 0 radical (unpaired) electrons. The van der Waals surface area contributed by atoms with Crippen molar-refractivity contribution < 1.29 is 33.0 Å². The van der Waals surface area contributed by atoms with Gasteiger partial charge in [0.2, 0.25) is 0 Å². The molecule has 0 saturated heterocycles. The van der Waals surface area contributed by atoms with E-state index in [1.54, 1.807) is 0 Å². The van der Waals surface area contributed by atoms with Gasteiger partial charge in [0.25, 0.3) is 5.69 Å². The molecule has 2 rings (SSSR count). The molecule has 0 fully saturated rings. The maximum atomic E-state index is 13.0. The summed E-state index contributed by atoms with van der Waals surface area (Å²) in [6, 6.07) is 9.16. The molecular formula is C18H16F3N3O5. The second-order valence-electron chi connectivity index (χ2n) is 6.31. The van der Waals surface area contributed by atoms with Crippen LogP contribution >= 0.6 is 0 Å². The van der Waals surface area contributed by atoms with E-state index < -0.39 is 40.7 Å². The second-order valence-corrected chi connectivity index (χ2v) is 6.31. The van der Waals surface area contributed by atoms with Crippen LogP contribution in [0.2, 0.25) is 0 Å². The number of rotatable bonds is 7. The Bertz CT molecular complexity index is 924. The van der Waals surface area contributed by atoms with Crippen molar-refractivity contribution >= 4 is 11.4 Å². The summed E-state index contributed by atoms with van der Waals surface area (Å²) < 4.78 is 44.3. The van der Waals surface area contributed by atoms with Crippen LogP contribution in [0.5, 0.6) is 5.75 Å². The van der Waals surface area contributed by atoms with E-state index in [1.165, 1.54) is 37.3 Å². The predicted octanol–water partition coefficient (Wildman–Crippen LogP) is 3.05. The molecular weight excluding hydrogens is 395 g/mol. The minimum atomic E-state index is -4.77. The molecule has 0 spiro atoms. The van der Waals surface area contributed by atoms with Crippen molar-refractivity contribution in [3.05, 3.63) is 63.7 Å². The van der Waals surface area contributed by atoms with E-state index in [4.69, 9.17) is 10.00 Å². The molecule has 2 unspecified atom stereocenters. The Morgan fingerprint density at radius 2 is 1.90 bits per heavy atom. The van der Waals surface area contributed by atoms with Gasteiger partial charge in [-0.15, -0.1) is 0 Å². The minimum absolute atomic E-state index is 0.160. The van der Waals surface area contributed by atoms with Crippen LogP contribution in [0.3, 0.4) is 0 Å². The van der Waals surface area contributed by atoms with E-state index in [9.17, 15) is 33.5 Å². The summed E-state index contributed by atoms with van der Waals surface area (Å²) in [4.78, 5) is 10.0. The number of ether oxygens (including phenoxy) is 1. The molecule has 3 N–H and O–H groups in total. The van der Waals surface area contributed by atoms with Gasteiger partial charge in [-0.05, 0) is 37.3 Å². The summed E-state index contributed by atoms with van der Waals surface area (Å²) in [7, 11) is 0. The highest BCUT2D eigenvalue weighted by molar-refractivity contribution is 5.53. The van der Waals surface area contributed by atoms with E-state index >= 15 is 0 Å². The van der Waals surface area contributed by atoms with Crippen LogP contribution in [0.1, 0.15) is 18.1 Å². The van der Waals surface area contributed by atoms with Crippen molar-refractivity contribution in [3.8, 4) is 11.8 Å². The van der Waals surface area contributed by atoms with Crippen LogP contribution in [-0.4, -0.2) is 33.6 Å². The second kappa shape index (κ2) is 8.34. The third-order valence-electron chi connectivity index (χ3n) is 3.92. The van der Waals surface area contributed by atoms with E-state index in [-0.39, 0.29) is 17.1 Å². The standard InChI is InChI=1S/C18H16F3N3O5/c1-17(26,10-29-14-6-4-13(5-7-14)24(27)28)16(25)23-12-3-2-11(9-22)15(8-12)18(19,20)21/h2-8,16,23,25-26H,10H2,1H3. The summed E-state index contributed by atoms with van der Waals surface area (Å²) >= 11 is 0. The Hall–Kier alpha value is -3.36. The van der Waals surface area contributed by atoms with Gasteiger partial charge in [0.15, 0.2) is 6.23 Å². The third kappa shape index (κ3) is 5.56. The fourth-order valence-electron chi connectivity index (χ4n) is 2.25. The summed E-state index contributed by atoms with van der Waals surface area (Å²) in [5.41, 5.74) is -4.02. The number of nitriles is 1. The highest BCUT2D eigenvalue weighted by atomic mass is 19.4. The van der Waals surface area contributed by atoms with Gasteiger partial charge in [-0.25, -0.2) is 0 Å². The molecule has 0 saturated carbocycles. The van der Waals surface area contributed by atoms with E-state index in [1.807, 2.05) is 0 Å². The number of nitro benzene ring substituents is 1. The number of halogens is 3. The van der Waals surface area contributed by atoms with Crippen LogP contribution in [0.15, 0.2) is 42.5 Å². The first-order chi connectivity index (χ1) is 13.4. The van der Waals surface area contributed by atoms with Gasteiger partial charge in [0.1, 0.15) is 18.0 Å². The van der Waals surface area contributed by atoms with Crippen LogP contribution in [0, 0.1) is 21.4 Å². The predicted molar refractivity (Wildman–Crippen MR) is 95.0 cm³/mol. The normalized spacial score (nSPS) is 14.4. The zero-order valence-electron chi connectivity index (χ0n) is 15.0. The molecule has 0 amide bonds. The van der Waals surface area contributed by atoms with E-state index in [0.717, 1.165) is 12.1 Å². The van der Waals surface area contributed by atoms with Crippen LogP contribution < -0.4 is 10.1 Å². The lowest BCUT2D eigenvalue weighted by molar-refractivity contribution is -0.384. The number of benzene rings is 2. The Morgan fingerprint density at radius 1 is 1.28 bits per heavy atom. The number of aliphatic hydroxyl groups excluding tert-OH is 1. The topological polar surface area (TPSA) is 129 Å². The number of hydrogen-bond donors (Lipinski definition) is 3. The maximum absolute atomic E-state index is 13.0. The van der Waals surface area contributed by atoms with Crippen LogP contribution in [0.4, 0.5) is 24.5 Å². The van der Waals surface area contributed by atoms with E-state index in [2.05, 4.69) is 5.32 Å². The number of alkyl halides is 3. The van der Waals surface area contributed by atoms with Gasteiger partial charge in [0, 0.05) is 17.8 Å². The lowest BCUT2D eigenvalue weighted by Gasteiger charge is -2.30. The number of nitro groups is 1. The molecule has 0 aliphatic heterocycles. The Balaban J connectivity index is 2.08. The minimum Gasteiger partial charge on any atom is -0.490 e. The van der Waals surface area contributed by atoms with E-state index in [0.29, 0.717) is 6.07 Å². The van der Waals surface area contributed by atoms with Gasteiger partial charge in [-0.1, -0.05) is 0 Å². The fourth-order valence-corrected chi connectivity index (χ4v) is 2.25. The molecule has 2 atom stereocenters. The smallest absolute Gasteiger partial charge is 0.417 e. The van der Waals surface area contributed by atoms with Gasteiger partial charge < -0.3 is 20.3 Å². The van der Waals surface area contributed by atoms with Crippen molar-refractivity contribution in [3.63, 3.8) is 0 Å². The monoisotopic (exact) mass is 411 g/mol. The molecule has 2 aromatic rings. The van der Waals surface area contributed by atoms with Crippen molar-refractivity contribution in [2.24, 2.45) is 0 Å². The van der Waals surface area contributed by atoms with Crippen molar-refractivity contribution in [1.82, 2.24) is 0 Å². The fraction of sp³-hybridized carbons (Fsp3) is 0.278. The lowest BCUT2D eigenvalue weighted by atomic mass is 10.0. The average molecular weight is 411 g/mol. The number of nitrogens with one attached hydrogen (secondary N) is 1. The molecule has 0 heterocycles. The largest absolute Gasteiger partial charge is 0.490 e. The van der Waals surface area contributed by atoms with Crippen molar-refractivity contribution in [1.29, 1.82) is 5.26 Å². The van der Waals surface area contributed by atoms with Gasteiger partial charge >= 0.3 is 6.18 Å². The van der Waals surface area contributed by atoms with Crippen molar-refractivity contribution in [2.75, 3.05) is 11.9 Å². The van der Waals surface area contributed by atoms with Gasteiger partial charge in [0.05, 0.1) is 22.1 Å². The number of aliphatic hydroxyl groups is 2. The third-order valence-corrected chi connectivity index (χ3v) is 3.92. The Kier molecular flexibility index (Phi) is 6.31. The zero-order valence-corrected chi connectivity index (χ0v) is 15.0. The molecule has 0 aromatic heterocycles. The van der Waals surface area contributed by atoms with Crippen molar-refractivity contribution in [2.45, 2.75) is 24.9 Å². The maximum Gasteiger partial charge on any atom is 0.417 e. The van der Waals surface area contributed by atoms with Crippen LogP contribution in [0.25, 0.3) is 0 Å². The molecule has 2 aromatic carbocycles. The highest BCUT2D eigenvalue weighted by Gasteiger charge is 2.35. The molecule has 0 bridgehead atoms. The summed E-state index contributed by atoms with van der Waals surface area (Å²) in [5.74, 6) is 0.181. The number of hydrogen-bond acceptors (Lipinski definition) is 7. The zero-order chi connectivity index (χ0) is 21.8. The molecule has 0 aliphatic carbocycles. The first-order valence-electron chi connectivity index (χ1n) is 8.09. The molecule has 11 heteroatoms. The summed E-state index contributed by atoms with van der Waals surface area (Å²) in [6.45, 7) is 0.714. The lowest BCUT2D eigenvalue weighted by Crippen LogP contribution is -2.48. The summed E-state index contributed by atoms with van der Waals surface area (Å²) in [5, 5.41) is 42.3. The van der Waals surface area contributed by atoms with Gasteiger partial charge in [-0.2, -0.15) is 18.4 Å². The molecule has 8 nitrogen and oxygen atoms in total. The molecule has 29 heavy (non-hydrogen) atoms. The van der Waals surface area contributed by atoms with Crippen LogP contribution in [-0.2, 0) is 6.18 Å². The SMILES string of the molecule is CC(O)(COc1ccc([N+](=O)[O-])cc1)C(O)Nc1ccc(C#N)c(C(F)(F)F)c1. The molecule has 0 aliphatic rings. The Morgan fingerprint density at radius 3 is 2.41 bits per heavy atom. The molecule has 154 valence electrons. The number of nitrogens with zero attached hydrogens (tertiary/aromatic N) is 2. The highest BCUT2D eigenvalue weighted by Crippen LogP contribution is 2.34. The summed E-state index contributed by atoms with van der Waals surface area (Å²) in [6.07, 6.45) is -6.50.